The van der Waals surface area contributed by atoms with Crippen LogP contribution in [-0.2, 0) is 11.2 Å². The van der Waals surface area contributed by atoms with E-state index in [4.69, 9.17) is 0 Å². The summed E-state index contributed by atoms with van der Waals surface area (Å²) < 4.78 is 0. The molecule has 0 saturated heterocycles. The van der Waals surface area contributed by atoms with Crippen molar-refractivity contribution < 1.29 is 4.79 Å². The molecular formula is C12H11N3O. The van der Waals surface area contributed by atoms with Gasteiger partial charge in [0.2, 0.25) is 5.91 Å². The number of anilines is 1. The second-order valence-corrected chi connectivity index (χ2v) is 3.89. The average molecular weight is 213 g/mol. The number of amides is 1. The van der Waals surface area contributed by atoms with Crippen molar-refractivity contribution in [3.05, 3.63) is 36.3 Å². The largest absolute Gasteiger partial charge is 0.345 e. The first-order valence-corrected chi connectivity index (χ1v) is 5.24. The summed E-state index contributed by atoms with van der Waals surface area (Å²) in [5.74, 6) is 0.0989. The zero-order chi connectivity index (χ0) is 11.0. The summed E-state index contributed by atoms with van der Waals surface area (Å²) >= 11 is 0. The number of aromatic nitrogens is 2. The van der Waals surface area contributed by atoms with Gasteiger partial charge in [-0.15, -0.1) is 0 Å². The topological polar surface area (TPSA) is 57.8 Å². The summed E-state index contributed by atoms with van der Waals surface area (Å²) in [5, 5.41) is 2.87. The van der Waals surface area contributed by atoms with Crippen molar-refractivity contribution in [3.63, 3.8) is 0 Å². The molecule has 16 heavy (non-hydrogen) atoms. The van der Waals surface area contributed by atoms with Crippen LogP contribution in [0.1, 0.15) is 12.0 Å². The van der Waals surface area contributed by atoms with Crippen molar-refractivity contribution in [1.29, 1.82) is 0 Å². The molecular weight excluding hydrogens is 202 g/mol. The van der Waals surface area contributed by atoms with Gasteiger partial charge in [0.15, 0.2) is 0 Å². The van der Waals surface area contributed by atoms with E-state index in [0.29, 0.717) is 6.42 Å². The van der Waals surface area contributed by atoms with Gasteiger partial charge >= 0.3 is 0 Å². The Hall–Kier alpha value is -2.10. The number of carbonyl (C=O) groups is 1. The number of aryl methyl sites for hydroxylation is 1. The van der Waals surface area contributed by atoms with Crippen molar-refractivity contribution in [2.45, 2.75) is 12.8 Å². The molecule has 2 N–H and O–H groups in total. The Kier molecular flexibility index (Phi) is 1.99. The number of imidazole rings is 1. The Labute approximate surface area is 92.7 Å². The quantitative estimate of drug-likeness (QED) is 0.760. The number of benzene rings is 1. The third-order valence-corrected chi connectivity index (χ3v) is 2.81. The molecule has 0 bridgehead atoms. The summed E-state index contributed by atoms with van der Waals surface area (Å²) in [7, 11) is 0. The highest BCUT2D eigenvalue weighted by molar-refractivity contribution is 5.94. The average Bonchev–Trinajstić information content (AvgIpc) is 2.82. The maximum absolute atomic E-state index is 11.2. The van der Waals surface area contributed by atoms with Crippen molar-refractivity contribution in [2.24, 2.45) is 0 Å². The maximum atomic E-state index is 11.2. The molecule has 2 heterocycles. The van der Waals surface area contributed by atoms with Crippen molar-refractivity contribution >= 4 is 11.6 Å². The fourth-order valence-corrected chi connectivity index (χ4v) is 1.96. The molecule has 0 aliphatic carbocycles. The van der Waals surface area contributed by atoms with E-state index in [-0.39, 0.29) is 5.91 Å². The van der Waals surface area contributed by atoms with Crippen LogP contribution in [0.15, 0.2) is 30.7 Å². The molecule has 0 atom stereocenters. The highest BCUT2D eigenvalue weighted by atomic mass is 16.1. The van der Waals surface area contributed by atoms with Crippen LogP contribution in [0.4, 0.5) is 5.69 Å². The molecule has 1 aromatic carbocycles. The Balaban J connectivity index is 2.03. The molecule has 1 aliphatic heterocycles. The number of nitrogens with zero attached hydrogens (tertiary/aromatic N) is 1. The molecule has 0 spiro atoms. The Bertz CT molecular complexity index is 531. The molecule has 1 aliphatic rings. The van der Waals surface area contributed by atoms with Gasteiger partial charge in [-0.1, -0.05) is 6.07 Å². The normalized spacial score (nSPS) is 14.4. The first-order chi connectivity index (χ1) is 7.83. The fraction of sp³-hybridized carbons (Fsp3) is 0.167. The minimum Gasteiger partial charge on any atom is -0.345 e. The zero-order valence-electron chi connectivity index (χ0n) is 8.66. The predicted molar refractivity (Wildman–Crippen MR) is 61.0 cm³/mol. The standard InChI is InChI=1S/C12H11N3O/c16-12-4-2-8-5-9(1-3-10(8)15-12)11-6-13-7-14-11/h1,3,5-7H,2,4H2,(H,13,14)(H,15,16). The van der Waals surface area contributed by atoms with Crippen LogP contribution in [0.3, 0.4) is 0 Å². The van der Waals surface area contributed by atoms with Crippen LogP contribution in [-0.4, -0.2) is 15.9 Å². The molecule has 0 unspecified atom stereocenters. The molecule has 4 nitrogen and oxygen atoms in total. The highest BCUT2D eigenvalue weighted by Crippen LogP contribution is 2.27. The summed E-state index contributed by atoms with van der Waals surface area (Å²) in [6, 6.07) is 6.03. The first kappa shape index (κ1) is 9.15. The second-order valence-electron chi connectivity index (χ2n) is 3.89. The van der Waals surface area contributed by atoms with E-state index in [1.54, 1.807) is 12.5 Å². The van der Waals surface area contributed by atoms with Gasteiger partial charge in [0.1, 0.15) is 0 Å². The number of H-pyrrole nitrogens is 1. The van der Waals surface area contributed by atoms with Crippen LogP contribution in [0.2, 0.25) is 0 Å². The van der Waals surface area contributed by atoms with E-state index in [0.717, 1.165) is 23.4 Å². The minimum absolute atomic E-state index is 0.0989. The lowest BCUT2D eigenvalue weighted by molar-refractivity contribution is -0.116. The highest BCUT2D eigenvalue weighted by Gasteiger charge is 2.15. The van der Waals surface area contributed by atoms with Gasteiger partial charge in [0.25, 0.3) is 0 Å². The van der Waals surface area contributed by atoms with Gasteiger partial charge in [-0.2, -0.15) is 0 Å². The fourth-order valence-electron chi connectivity index (χ4n) is 1.96. The summed E-state index contributed by atoms with van der Waals surface area (Å²) in [5.41, 5.74) is 4.22. The Morgan fingerprint density at radius 1 is 1.25 bits per heavy atom. The summed E-state index contributed by atoms with van der Waals surface area (Å²) in [6.45, 7) is 0. The molecule has 4 heteroatoms. The SMILES string of the molecule is O=C1CCc2cc(-c3cnc[nH]3)ccc2N1. The van der Waals surface area contributed by atoms with Gasteiger partial charge in [-0.05, 0) is 29.7 Å². The molecule has 1 amide bonds. The van der Waals surface area contributed by atoms with Crippen LogP contribution >= 0.6 is 0 Å². The van der Waals surface area contributed by atoms with E-state index >= 15 is 0 Å². The molecule has 0 radical (unpaired) electrons. The monoisotopic (exact) mass is 213 g/mol. The van der Waals surface area contributed by atoms with Crippen LogP contribution in [0, 0.1) is 0 Å². The number of hydrogen-bond acceptors (Lipinski definition) is 2. The third-order valence-electron chi connectivity index (χ3n) is 2.81. The van der Waals surface area contributed by atoms with Crippen molar-refractivity contribution in [1.82, 2.24) is 9.97 Å². The molecule has 2 aromatic rings. The molecule has 0 saturated carbocycles. The van der Waals surface area contributed by atoms with Crippen LogP contribution in [0.5, 0.6) is 0 Å². The maximum Gasteiger partial charge on any atom is 0.224 e. The Morgan fingerprint density at radius 3 is 3.00 bits per heavy atom. The predicted octanol–water partition coefficient (Wildman–Crippen LogP) is 1.96. The smallest absolute Gasteiger partial charge is 0.224 e. The van der Waals surface area contributed by atoms with Crippen LogP contribution in [0.25, 0.3) is 11.3 Å². The zero-order valence-corrected chi connectivity index (χ0v) is 8.66. The first-order valence-electron chi connectivity index (χ1n) is 5.24. The number of carbonyl (C=O) groups excluding carboxylic acids is 1. The van der Waals surface area contributed by atoms with Gasteiger partial charge in [0.05, 0.1) is 18.2 Å². The van der Waals surface area contributed by atoms with Gasteiger partial charge in [-0.3, -0.25) is 4.79 Å². The lowest BCUT2D eigenvalue weighted by Crippen LogP contribution is -2.18. The molecule has 3 rings (SSSR count). The van der Waals surface area contributed by atoms with Crippen LogP contribution < -0.4 is 5.32 Å². The Morgan fingerprint density at radius 2 is 2.19 bits per heavy atom. The number of hydrogen-bond donors (Lipinski definition) is 2. The second kappa shape index (κ2) is 3.48. The van der Waals surface area contributed by atoms with E-state index in [9.17, 15) is 4.79 Å². The molecule has 1 aromatic heterocycles. The number of nitrogens with one attached hydrogen (secondary N) is 2. The lowest BCUT2D eigenvalue weighted by Gasteiger charge is -2.17. The molecule has 80 valence electrons. The van der Waals surface area contributed by atoms with Gasteiger partial charge in [-0.25, -0.2) is 4.98 Å². The van der Waals surface area contributed by atoms with E-state index in [2.05, 4.69) is 21.4 Å². The van der Waals surface area contributed by atoms with E-state index < -0.39 is 0 Å². The molecule has 0 fully saturated rings. The van der Waals surface area contributed by atoms with E-state index in [1.807, 2.05) is 12.1 Å². The summed E-state index contributed by atoms with van der Waals surface area (Å²) in [6.07, 6.45) is 4.84. The number of rotatable bonds is 1. The van der Waals surface area contributed by atoms with Gasteiger partial charge in [0, 0.05) is 12.1 Å². The summed E-state index contributed by atoms with van der Waals surface area (Å²) in [4.78, 5) is 18.3. The number of fused-ring (bicyclic) bond motifs is 1. The van der Waals surface area contributed by atoms with Gasteiger partial charge < -0.3 is 10.3 Å². The lowest BCUT2D eigenvalue weighted by atomic mass is 9.99. The third kappa shape index (κ3) is 1.48. The minimum atomic E-state index is 0.0989. The number of aromatic amines is 1. The van der Waals surface area contributed by atoms with Crippen molar-refractivity contribution in [2.75, 3.05) is 5.32 Å². The van der Waals surface area contributed by atoms with Crippen molar-refractivity contribution in [3.8, 4) is 11.3 Å². The van der Waals surface area contributed by atoms with E-state index in [1.165, 1.54) is 5.56 Å².